The Morgan fingerprint density at radius 1 is 1.06 bits per heavy atom. The minimum atomic E-state index is 0.272. The van der Waals surface area contributed by atoms with Crippen LogP contribution >= 0.6 is 0 Å². The van der Waals surface area contributed by atoms with Crippen molar-refractivity contribution in [2.45, 2.75) is 59.4 Å². The van der Waals surface area contributed by atoms with Crippen LogP contribution in [0.1, 0.15) is 53.9 Å². The van der Waals surface area contributed by atoms with Crippen LogP contribution in [0.4, 0.5) is 0 Å². The van der Waals surface area contributed by atoms with Crippen LogP contribution in [-0.4, -0.2) is 37.1 Å². The number of hydrogen-bond donors (Lipinski definition) is 1. The summed E-state index contributed by atoms with van der Waals surface area (Å²) in [5.74, 6) is 0.785. The molecule has 0 aromatic carbocycles. The second-order valence-corrected chi connectivity index (χ2v) is 6.39. The van der Waals surface area contributed by atoms with E-state index >= 15 is 0 Å². The standard InChI is InChI=1S/C14H32N2/c1-13(2)12-16(6)11-9-7-8-10-15-14(3,4)5/h13,15H,7-12H2,1-6H3. The number of unbranched alkanes of at least 4 members (excludes halogenated alkanes) is 2. The summed E-state index contributed by atoms with van der Waals surface area (Å²) in [5, 5.41) is 3.53. The molecule has 1 N–H and O–H groups in total. The lowest BCUT2D eigenvalue weighted by Gasteiger charge is -2.21. The van der Waals surface area contributed by atoms with Gasteiger partial charge in [-0.3, -0.25) is 0 Å². The van der Waals surface area contributed by atoms with E-state index in [1.54, 1.807) is 0 Å². The van der Waals surface area contributed by atoms with Gasteiger partial charge in [-0.1, -0.05) is 20.3 Å². The van der Waals surface area contributed by atoms with Gasteiger partial charge in [0.2, 0.25) is 0 Å². The minimum absolute atomic E-state index is 0.272. The quantitative estimate of drug-likeness (QED) is 0.642. The lowest BCUT2D eigenvalue weighted by atomic mass is 10.1. The Hall–Kier alpha value is -0.0800. The minimum Gasteiger partial charge on any atom is -0.312 e. The van der Waals surface area contributed by atoms with Crippen LogP contribution in [-0.2, 0) is 0 Å². The molecule has 0 aliphatic carbocycles. The number of nitrogens with zero attached hydrogens (tertiary/aromatic N) is 1. The third-order valence-electron chi connectivity index (χ3n) is 2.55. The van der Waals surface area contributed by atoms with Gasteiger partial charge in [0.1, 0.15) is 0 Å². The first-order valence-electron chi connectivity index (χ1n) is 6.75. The fourth-order valence-corrected chi connectivity index (χ4v) is 1.86. The van der Waals surface area contributed by atoms with Crippen LogP contribution in [0, 0.1) is 5.92 Å². The van der Waals surface area contributed by atoms with Crippen molar-refractivity contribution in [3.05, 3.63) is 0 Å². The maximum absolute atomic E-state index is 3.53. The SMILES string of the molecule is CC(C)CN(C)CCCCCNC(C)(C)C. The average Bonchev–Trinajstić information content (AvgIpc) is 2.07. The second-order valence-electron chi connectivity index (χ2n) is 6.39. The van der Waals surface area contributed by atoms with E-state index in [1.165, 1.54) is 32.4 Å². The first-order chi connectivity index (χ1) is 7.31. The van der Waals surface area contributed by atoms with Crippen LogP contribution in [0.3, 0.4) is 0 Å². The van der Waals surface area contributed by atoms with Gasteiger partial charge in [0.25, 0.3) is 0 Å². The molecule has 0 aromatic rings. The van der Waals surface area contributed by atoms with E-state index in [0.29, 0.717) is 0 Å². The summed E-state index contributed by atoms with van der Waals surface area (Å²) in [5.41, 5.74) is 0.272. The van der Waals surface area contributed by atoms with Crippen LogP contribution in [0.25, 0.3) is 0 Å². The molecule has 0 radical (unpaired) electrons. The molecule has 0 spiro atoms. The first kappa shape index (κ1) is 15.9. The fourth-order valence-electron chi connectivity index (χ4n) is 1.86. The summed E-state index contributed by atoms with van der Waals surface area (Å²) < 4.78 is 0. The van der Waals surface area contributed by atoms with Crippen LogP contribution in [0.2, 0.25) is 0 Å². The van der Waals surface area contributed by atoms with E-state index in [4.69, 9.17) is 0 Å². The summed E-state index contributed by atoms with van der Waals surface area (Å²) in [6.07, 6.45) is 3.97. The summed E-state index contributed by atoms with van der Waals surface area (Å²) in [6, 6.07) is 0. The Labute approximate surface area is 103 Å². The van der Waals surface area contributed by atoms with Gasteiger partial charge in [-0.2, -0.15) is 0 Å². The zero-order valence-corrected chi connectivity index (χ0v) is 12.3. The lowest BCUT2D eigenvalue weighted by Crippen LogP contribution is -2.36. The summed E-state index contributed by atoms with van der Waals surface area (Å²) in [7, 11) is 2.23. The lowest BCUT2D eigenvalue weighted by molar-refractivity contribution is 0.287. The first-order valence-corrected chi connectivity index (χ1v) is 6.75. The van der Waals surface area contributed by atoms with Crippen molar-refractivity contribution in [3.63, 3.8) is 0 Å². The highest BCUT2D eigenvalue weighted by Crippen LogP contribution is 2.02. The molecule has 0 aliphatic rings. The molecule has 2 heteroatoms. The molecule has 0 bridgehead atoms. The predicted octanol–water partition coefficient (Wildman–Crippen LogP) is 3.13. The van der Waals surface area contributed by atoms with E-state index < -0.39 is 0 Å². The van der Waals surface area contributed by atoms with Gasteiger partial charge in [-0.25, -0.2) is 0 Å². The smallest absolute Gasteiger partial charge is 0.00965 e. The molecule has 0 unspecified atom stereocenters. The zero-order valence-electron chi connectivity index (χ0n) is 12.3. The van der Waals surface area contributed by atoms with Crippen LogP contribution < -0.4 is 5.32 Å². The molecule has 0 aromatic heterocycles. The van der Waals surface area contributed by atoms with Gasteiger partial charge < -0.3 is 10.2 Å². The van der Waals surface area contributed by atoms with E-state index in [2.05, 4.69) is 51.9 Å². The molecule has 0 atom stereocenters. The van der Waals surface area contributed by atoms with Gasteiger partial charge in [-0.05, 0) is 59.7 Å². The third kappa shape index (κ3) is 12.0. The van der Waals surface area contributed by atoms with E-state index in [9.17, 15) is 0 Å². The molecule has 0 saturated heterocycles. The molecule has 0 saturated carbocycles. The predicted molar refractivity (Wildman–Crippen MR) is 73.9 cm³/mol. The maximum atomic E-state index is 3.53. The molecule has 0 heterocycles. The van der Waals surface area contributed by atoms with Crippen molar-refractivity contribution in [3.8, 4) is 0 Å². The van der Waals surface area contributed by atoms with Crippen LogP contribution in [0.15, 0.2) is 0 Å². The topological polar surface area (TPSA) is 15.3 Å². The van der Waals surface area contributed by atoms with Crippen molar-refractivity contribution in [2.24, 2.45) is 5.92 Å². The molecule has 16 heavy (non-hydrogen) atoms. The highest BCUT2D eigenvalue weighted by atomic mass is 15.1. The zero-order chi connectivity index (χ0) is 12.6. The Morgan fingerprint density at radius 3 is 2.19 bits per heavy atom. The third-order valence-corrected chi connectivity index (χ3v) is 2.55. The maximum Gasteiger partial charge on any atom is 0.00965 e. The van der Waals surface area contributed by atoms with Crippen molar-refractivity contribution >= 4 is 0 Å². The normalized spacial score (nSPS) is 12.8. The summed E-state index contributed by atoms with van der Waals surface area (Å²) in [4.78, 5) is 2.45. The highest BCUT2D eigenvalue weighted by molar-refractivity contribution is 4.69. The van der Waals surface area contributed by atoms with Crippen LogP contribution in [0.5, 0.6) is 0 Å². The van der Waals surface area contributed by atoms with Gasteiger partial charge in [0.05, 0.1) is 0 Å². The van der Waals surface area contributed by atoms with E-state index in [0.717, 1.165) is 12.5 Å². The number of nitrogens with one attached hydrogen (secondary N) is 1. The van der Waals surface area contributed by atoms with Gasteiger partial charge in [-0.15, -0.1) is 0 Å². The van der Waals surface area contributed by atoms with Crippen molar-refractivity contribution in [1.29, 1.82) is 0 Å². The summed E-state index contributed by atoms with van der Waals surface area (Å²) in [6.45, 7) is 14.9. The Bertz CT molecular complexity index is 159. The second kappa shape index (κ2) is 8.08. The Balaban J connectivity index is 3.27. The van der Waals surface area contributed by atoms with Crippen molar-refractivity contribution in [2.75, 3.05) is 26.7 Å². The van der Waals surface area contributed by atoms with Gasteiger partial charge in [0.15, 0.2) is 0 Å². The fraction of sp³-hybridized carbons (Fsp3) is 1.00. The molecular formula is C14H32N2. The number of rotatable bonds is 8. The van der Waals surface area contributed by atoms with E-state index in [-0.39, 0.29) is 5.54 Å². The van der Waals surface area contributed by atoms with Crippen molar-refractivity contribution < 1.29 is 0 Å². The van der Waals surface area contributed by atoms with Gasteiger partial charge >= 0.3 is 0 Å². The largest absolute Gasteiger partial charge is 0.312 e. The van der Waals surface area contributed by atoms with Crippen molar-refractivity contribution in [1.82, 2.24) is 10.2 Å². The monoisotopic (exact) mass is 228 g/mol. The van der Waals surface area contributed by atoms with E-state index in [1.807, 2.05) is 0 Å². The molecule has 98 valence electrons. The average molecular weight is 228 g/mol. The molecule has 0 fully saturated rings. The van der Waals surface area contributed by atoms with Gasteiger partial charge in [0, 0.05) is 12.1 Å². The molecule has 2 nitrogen and oxygen atoms in total. The molecule has 0 rings (SSSR count). The summed E-state index contributed by atoms with van der Waals surface area (Å²) >= 11 is 0. The highest BCUT2D eigenvalue weighted by Gasteiger charge is 2.07. The molecule has 0 amide bonds. The Morgan fingerprint density at radius 2 is 1.69 bits per heavy atom. The number of hydrogen-bond acceptors (Lipinski definition) is 2. The molecular weight excluding hydrogens is 196 g/mol. The Kier molecular flexibility index (Phi) is 8.04. The molecule has 0 aliphatic heterocycles.